The third kappa shape index (κ3) is 0.994. The molecule has 64 valence electrons. The Labute approximate surface area is 72.0 Å². The molecule has 1 aliphatic rings. The Morgan fingerprint density at radius 2 is 2.25 bits per heavy atom. The Balaban J connectivity index is 2.47. The first kappa shape index (κ1) is 7.62. The van der Waals surface area contributed by atoms with Crippen molar-refractivity contribution in [1.82, 2.24) is 0 Å². The molecule has 2 rings (SSSR count). The van der Waals surface area contributed by atoms with E-state index in [1.165, 1.54) is 5.56 Å². The maximum Gasteiger partial charge on any atom is 0.0821 e. The fraction of sp³-hybridized carbons (Fsp3) is 0.400. The lowest BCUT2D eigenvalue weighted by Gasteiger charge is -2.07. The van der Waals surface area contributed by atoms with Gasteiger partial charge in [0.05, 0.1) is 6.10 Å². The molecule has 0 aromatic heterocycles. The van der Waals surface area contributed by atoms with Gasteiger partial charge in [-0.25, -0.2) is 0 Å². The Bertz CT molecular complexity index is 309. The summed E-state index contributed by atoms with van der Waals surface area (Å²) in [6, 6.07) is 5.74. The smallest absolute Gasteiger partial charge is 0.0821 e. The summed E-state index contributed by atoms with van der Waals surface area (Å²) in [5.41, 5.74) is 8.68. The van der Waals surface area contributed by atoms with E-state index in [1.54, 1.807) is 0 Å². The van der Waals surface area contributed by atoms with Crippen LogP contribution in [0.1, 0.15) is 24.2 Å². The van der Waals surface area contributed by atoms with Crippen molar-refractivity contribution in [2.45, 2.75) is 19.4 Å². The highest BCUT2D eigenvalue weighted by molar-refractivity contribution is 5.47. The number of nitrogens with two attached hydrogens (primary N) is 1. The van der Waals surface area contributed by atoms with Crippen LogP contribution in [0.25, 0.3) is 0 Å². The number of aliphatic hydroxyl groups excluding tert-OH is 1. The van der Waals surface area contributed by atoms with Crippen LogP contribution in [0.3, 0.4) is 0 Å². The summed E-state index contributed by atoms with van der Waals surface area (Å²) in [5, 5.41) is 9.70. The fourth-order valence-electron chi connectivity index (χ4n) is 1.86. The van der Waals surface area contributed by atoms with Crippen LogP contribution in [0.5, 0.6) is 0 Å². The van der Waals surface area contributed by atoms with Crippen molar-refractivity contribution >= 4 is 5.69 Å². The van der Waals surface area contributed by atoms with Crippen LogP contribution in [0.4, 0.5) is 5.69 Å². The molecule has 3 N–H and O–H groups in total. The van der Waals surface area contributed by atoms with E-state index in [0.717, 1.165) is 17.7 Å². The molecular formula is C10H13NO. The van der Waals surface area contributed by atoms with E-state index in [-0.39, 0.29) is 6.10 Å². The molecule has 0 fully saturated rings. The van der Waals surface area contributed by atoms with E-state index in [2.05, 4.69) is 6.92 Å². The number of rotatable bonds is 0. The normalized spacial score (nSPS) is 27.2. The van der Waals surface area contributed by atoms with Gasteiger partial charge >= 0.3 is 0 Å². The van der Waals surface area contributed by atoms with Gasteiger partial charge in [-0.15, -0.1) is 0 Å². The van der Waals surface area contributed by atoms with E-state index in [1.807, 2.05) is 18.2 Å². The molecule has 0 radical (unpaired) electrons. The summed E-state index contributed by atoms with van der Waals surface area (Å²) in [6.07, 6.45) is 0.655. The highest BCUT2D eigenvalue weighted by Gasteiger charge is 2.26. The van der Waals surface area contributed by atoms with Gasteiger partial charge in [0, 0.05) is 5.69 Å². The molecule has 0 amide bonds. The van der Waals surface area contributed by atoms with Crippen molar-refractivity contribution in [3.63, 3.8) is 0 Å². The van der Waals surface area contributed by atoms with E-state index >= 15 is 0 Å². The Morgan fingerprint density at radius 1 is 1.50 bits per heavy atom. The third-order valence-corrected chi connectivity index (χ3v) is 2.57. The summed E-state index contributed by atoms with van der Waals surface area (Å²) < 4.78 is 0. The molecule has 2 atom stereocenters. The molecule has 2 unspecified atom stereocenters. The maximum absolute atomic E-state index is 9.70. The van der Waals surface area contributed by atoms with Crippen molar-refractivity contribution in [2.75, 3.05) is 5.73 Å². The molecule has 12 heavy (non-hydrogen) atoms. The summed E-state index contributed by atoms with van der Waals surface area (Å²) in [5.74, 6) is 0.335. The van der Waals surface area contributed by atoms with Crippen molar-refractivity contribution in [2.24, 2.45) is 5.92 Å². The number of hydrogen-bond acceptors (Lipinski definition) is 2. The maximum atomic E-state index is 9.70. The second-order valence-electron chi connectivity index (χ2n) is 3.58. The van der Waals surface area contributed by atoms with Gasteiger partial charge in [-0.2, -0.15) is 0 Å². The van der Waals surface area contributed by atoms with Gasteiger partial charge in [0.15, 0.2) is 0 Å². The molecular weight excluding hydrogens is 150 g/mol. The Kier molecular flexibility index (Phi) is 1.58. The van der Waals surface area contributed by atoms with Gasteiger partial charge in [-0.05, 0) is 35.6 Å². The largest absolute Gasteiger partial charge is 0.399 e. The lowest BCUT2D eigenvalue weighted by Crippen LogP contribution is -2.00. The van der Waals surface area contributed by atoms with Crippen LogP contribution in [-0.4, -0.2) is 5.11 Å². The molecule has 2 nitrogen and oxygen atoms in total. The highest BCUT2D eigenvalue weighted by atomic mass is 16.3. The van der Waals surface area contributed by atoms with Crippen molar-refractivity contribution in [3.8, 4) is 0 Å². The molecule has 1 aromatic rings. The van der Waals surface area contributed by atoms with Crippen LogP contribution in [0, 0.1) is 5.92 Å². The van der Waals surface area contributed by atoms with Crippen molar-refractivity contribution < 1.29 is 5.11 Å². The average molecular weight is 163 g/mol. The molecule has 0 heterocycles. The molecule has 0 saturated heterocycles. The highest BCUT2D eigenvalue weighted by Crippen LogP contribution is 2.36. The average Bonchev–Trinajstić information content (AvgIpc) is 2.28. The number of fused-ring (bicyclic) bond motifs is 1. The predicted molar refractivity (Wildman–Crippen MR) is 48.7 cm³/mol. The summed E-state index contributed by atoms with van der Waals surface area (Å²) in [6.45, 7) is 2.06. The number of nitrogen functional groups attached to an aromatic ring is 1. The van der Waals surface area contributed by atoms with Crippen LogP contribution in [-0.2, 0) is 6.42 Å². The Hall–Kier alpha value is -1.02. The van der Waals surface area contributed by atoms with Gasteiger partial charge in [-0.1, -0.05) is 13.0 Å². The van der Waals surface area contributed by atoms with Gasteiger partial charge in [-0.3, -0.25) is 0 Å². The zero-order chi connectivity index (χ0) is 8.72. The standard InChI is InChI=1S/C10H13NO/c1-6-4-7-5-8(11)2-3-9(7)10(6)12/h2-3,5-6,10,12H,4,11H2,1H3. The molecule has 2 heteroatoms. The monoisotopic (exact) mass is 163 g/mol. The van der Waals surface area contributed by atoms with Gasteiger partial charge in [0.25, 0.3) is 0 Å². The molecule has 0 saturated carbocycles. The quantitative estimate of drug-likeness (QED) is 0.569. The van der Waals surface area contributed by atoms with Crippen molar-refractivity contribution in [1.29, 1.82) is 0 Å². The number of hydrogen-bond donors (Lipinski definition) is 2. The summed E-state index contributed by atoms with van der Waals surface area (Å²) >= 11 is 0. The van der Waals surface area contributed by atoms with Gasteiger partial charge in [0.1, 0.15) is 0 Å². The zero-order valence-corrected chi connectivity index (χ0v) is 7.12. The second-order valence-corrected chi connectivity index (χ2v) is 3.58. The number of benzene rings is 1. The van der Waals surface area contributed by atoms with Gasteiger partial charge in [0.2, 0.25) is 0 Å². The van der Waals surface area contributed by atoms with Crippen LogP contribution in [0.15, 0.2) is 18.2 Å². The predicted octanol–water partition coefficient (Wildman–Crippen LogP) is 1.49. The first-order valence-corrected chi connectivity index (χ1v) is 4.25. The molecule has 0 spiro atoms. The fourth-order valence-corrected chi connectivity index (χ4v) is 1.86. The minimum atomic E-state index is -0.291. The van der Waals surface area contributed by atoms with E-state index in [9.17, 15) is 5.11 Å². The van der Waals surface area contributed by atoms with E-state index in [0.29, 0.717) is 5.92 Å². The first-order valence-electron chi connectivity index (χ1n) is 4.25. The first-order chi connectivity index (χ1) is 5.68. The molecule has 0 aliphatic heterocycles. The Morgan fingerprint density at radius 3 is 3.00 bits per heavy atom. The molecule has 1 aromatic carbocycles. The lowest BCUT2D eigenvalue weighted by atomic mass is 10.1. The molecule has 1 aliphatic carbocycles. The zero-order valence-electron chi connectivity index (χ0n) is 7.12. The SMILES string of the molecule is CC1Cc2cc(N)ccc2C1O. The summed E-state index contributed by atoms with van der Waals surface area (Å²) in [4.78, 5) is 0. The van der Waals surface area contributed by atoms with Crippen LogP contribution < -0.4 is 5.73 Å². The minimum absolute atomic E-state index is 0.291. The number of anilines is 1. The summed E-state index contributed by atoms with van der Waals surface area (Å²) in [7, 11) is 0. The van der Waals surface area contributed by atoms with Crippen LogP contribution in [0.2, 0.25) is 0 Å². The van der Waals surface area contributed by atoms with Gasteiger partial charge < -0.3 is 10.8 Å². The van der Waals surface area contributed by atoms with E-state index < -0.39 is 0 Å². The second kappa shape index (κ2) is 2.49. The van der Waals surface area contributed by atoms with Crippen molar-refractivity contribution in [3.05, 3.63) is 29.3 Å². The number of aliphatic hydroxyl groups is 1. The molecule has 0 bridgehead atoms. The minimum Gasteiger partial charge on any atom is -0.399 e. The topological polar surface area (TPSA) is 46.2 Å². The third-order valence-electron chi connectivity index (χ3n) is 2.57. The lowest BCUT2D eigenvalue weighted by molar-refractivity contribution is 0.133. The van der Waals surface area contributed by atoms with E-state index in [4.69, 9.17) is 5.73 Å². The van der Waals surface area contributed by atoms with Crippen LogP contribution >= 0.6 is 0 Å².